The molecule has 0 radical (unpaired) electrons. The Kier molecular flexibility index (Phi) is 2.23. The van der Waals surface area contributed by atoms with Crippen LogP contribution in [0.5, 0.6) is 0 Å². The van der Waals surface area contributed by atoms with Crippen LogP contribution in [0.15, 0.2) is 26.3 Å². The third-order valence-corrected chi connectivity index (χ3v) is 1.90. The number of rotatable bonds is 0. The van der Waals surface area contributed by atoms with Crippen molar-refractivity contribution in [2.24, 2.45) is 0 Å². The average molecular weight is 282 g/mol. The van der Waals surface area contributed by atoms with E-state index in [2.05, 4.69) is 44.6 Å². The van der Waals surface area contributed by atoms with Crippen molar-refractivity contribution in [2.45, 2.75) is 0 Å². The summed E-state index contributed by atoms with van der Waals surface area (Å²) in [5.74, 6) is 0. The molecule has 0 saturated carbocycles. The summed E-state index contributed by atoms with van der Waals surface area (Å²) in [6.07, 6.45) is 8.95. The zero-order valence-electron chi connectivity index (χ0n) is 3.99. The van der Waals surface area contributed by atoms with Crippen molar-refractivity contribution in [3.8, 4) is 0 Å². The fourth-order valence-electron chi connectivity index (χ4n) is 0.387. The van der Waals surface area contributed by atoms with Gasteiger partial charge in [-0.3, -0.25) is 0 Å². The second kappa shape index (κ2) is 2.76. The van der Waals surface area contributed by atoms with Crippen molar-refractivity contribution in [1.82, 2.24) is 0 Å². The molecular formula is C6H3BrI+. The second-order valence-corrected chi connectivity index (χ2v) is 3.45. The molecule has 0 saturated heterocycles. The summed E-state index contributed by atoms with van der Waals surface area (Å²) < 4.78 is 2.23. The van der Waals surface area contributed by atoms with Crippen LogP contribution in [0, 0.1) is 6.08 Å². The van der Waals surface area contributed by atoms with E-state index < -0.39 is 0 Å². The Balaban J connectivity index is 2.86. The van der Waals surface area contributed by atoms with Crippen molar-refractivity contribution in [3.63, 3.8) is 0 Å². The Morgan fingerprint density at radius 2 is 2.25 bits per heavy atom. The molecule has 0 fully saturated rings. The van der Waals surface area contributed by atoms with Gasteiger partial charge in [0.15, 0.2) is 4.48 Å². The molecule has 40 valence electrons. The van der Waals surface area contributed by atoms with Gasteiger partial charge in [-0.15, -0.1) is 0 Å². The number of hydrogen-bond donors (Lipinski definition) is 0. The zero-order valence-corrected chi connectivity index (χ0v) is 7.73. The molecule has 1 aliphatic carbocycles. The highest BCUT2D eigenvalue weighted by atomic mass is 127. The normalized spacial score (nSPS) is 16.8. The van der Waals surface area contributed by atoms with Crippen LogP contribution in [0.4, 0.5) is 0 Å². The van der Waals surface area contributed by atoms with Crippen LogP contribution >= 0.6 is 38.5 Å². The predicted molar refractivity (Wildman–Crippen MR) is 46.9 cm³/mol. The quantitative estimate of drug-likeness (QED) is 0.473. The molecule has 0 N–H and O–H groups in total. The summed E-state index contributed by atoms with van der Waals surface area (Å²) in [6, 6.07) is 0. The van der Waals surface area contributed by atoms with E-state index in [4.69, 9.17) is 0 Å². The van der Waals surface area contributed by atoms with Crippen LogP contribution in [0.2, 0.25) is 0 Å². The maximum Gasteiger partial charge on any atom is 0.180 e. The van der Waals surface area contributed by atoms with Gasteiger partial charge in [0.2, 0.25) is 0 Å². The Morgan fingerprint density at radius 1 is 1.50 bits per heavy atom. The topological polar surface area (TPSA) is 0 Å². The zero-order chi connectivity index (χ0) is 5.98. The van der Waals surface area contributed by atoms with Crippen LogP contribution < -0.4 is 0 Å². The molecule has 0 unspecified atom stereocenters. The summed E-state index contributed by atoms with van der Waals surface area (Å²) in [5, 5.41) is 0. The standard InChI is InChI=1S/C6H3BrI/c7-5-1-3-6(8)4-2-5/h1,3-4H/q+1. The van der Waals surface area contributed by atoms with E-state index in [0.717, 1.165) is 4.48 Å². The third kappa shape index (κ3) is 1.69. The maximum absolute atomic E-state index is 3.29. The van der Waals surface area contributed by atoms with Gasteiger partial charge in [0.25, 0.3) is 0 Å². The largest absolute Gasteiger partial charge is 0.180 e. The third-order valence-electron chi connectivity index (χ3n) is 0.737. The Bertz CT molecular complexity index is 157. The summed E-state index contributed by atoms with van der Waals surface area (Å²) in [4.78, 5) is 0. The van der Waals surface area contributed by atoms with Crippen molar-refractivity contribution < 1.29 is 0 Å². The van der Waals surface area contributed by atoms with Crippen molar-refractivity contribution in [3.05, 3.63) is 32.4 Å². The fraction of sp³-hybridized carbons (Fsp3) is 0. The highest BCUT2D eigenvalue weighted by Crippen LogP contribution is 2.17. The minimum Gasteiger partial charge on any atom is -0.00773 e. The number of hydrogen-bond acceptors (Lipinski definition) is 0. The first kappa shape index (κ1) is 6.46. The lowest BCUT2D eigenvalue weighted by Crippen LogP contribution is -1.71. The lowest BCUT2D eigenvalue weighted by atomic mass is 10.3. The van der Waals surface area contributed by atoms with Crippen LogP contribution in [0.25, 0.3) is 0 Å². The fourth-order valence-corrected chi connectivity index (χ4v) is 0.969. The van der Waals surface area contributed by atoms with Gasteiger partial charge in [0, 0.05) is 22.6 Å². The van der Waals surface area contributed by atoms with Crippen LogP contribution in [0.3, 0.4) is 0 Å². The first-order valence-electron chi connectivity index (χ1n) is 2.12. The smallest absolute Gasteiger partial charge is 0.00773 e. The molecule has 0 aromatic rings. The lowest BCUT2D eigenvalue weighted by molar-refractivity contribution is 1.72. The molecule has 0 spiro atoms. The Hall–Kier alpha value is 0.340. The minimum atomic E-state index is 1.01. The molecule has 0 heterocycles. The van der Waals surface area contributed by atoms with E-state index in [1.54, 1.807) is 0 Å². The molecule has 1 aliphatic rings. The van der Waals surface area contributed by atoms with Gasteiger partial charge >= 0.3 is 0 Å². The van der Waals surface area contributed by atoms with Gasteiger partial charge in [-0.1, -0.05) is 0 Å². The monoisotopic (exact) mass is 281 g/mol. The molecule has 0 aromatic heterocycles. The molecule has 0 aliphatic heterocycles. The van der Waals surface area contributed by atoms with E-state index in [-0.39, 0.29) is 0 Å². The van der Waals surface area contributed by atoms with E-state index in [1.165, 1.54) is 3.58 Å². The van der Waals surface area contributed by atoms with Gasteiger partial charge in [0.05, 0.1) is 18.2 Å². The van der Waals surface area contributed by atoms with Gasteiger partial charge in [-0.05, 0) is 15.9 Å². The van der Waals surface area contributed by atoms with Crippen LogP contribution in [0.1, 0.15) is 0 Å². The molecule has 2 heteroatoms. The van der Waals surface area contributed by atoms with Crippen molar-refractivity contribution >= 4 is 38.5 Å². The van der Waals surface area contributed by atoms with Crippen molar-refractivity contribution in [2.75, 3.05) is 0 Å². The molecule has 8 heavy (non-hydrogen) atoms. The summed E-state index contributed by atoms with van der Waals surface area (Å²) >= 11 is 5.53. The van der Waals surface area contributed by atoms with Gasteiger partial charge < -0.3 is 0 Å². The Labute approximate surface area is 70.6 Å². The first-order chi connectivity index (χ1) is 3.79. The number of halogens is 2. The SMILES string of the molecule is BrC1=[C+]C=C(I)C=C1. The van der Waals surface area contributed by atoms with Crippen molar-refractivity contribution in [1.29, 1.82) is 0 Å². The second-order valence-electron chi connectivity index (χ2n) is 1.35. The predicted octanol–water partition coefficient (Wildman–Crippen LogP) is 2.96. The van der Waals surface area contributed by atoms with Crippen LogP contribution in [-0.4, -0.2) is 0 Å². The minimum absolute atomic E-state index is 1.01. The van der Waals surface area contributed by atoms with Crippen LogP contribution in [-0.2, 0) is 0 Å². The Morgan fingerprint density at radius 3 is 2.62 bits per heavy atom. The summed E-state index contributed by atoms with van der Waals surface area (Å²) in [5.41, 5.74) is 0. The highest BCUT2D eigenvalue weighted by molar-refractivity contribution is 14.1. The first-order valence-corrected chi connectivity index (χ1v) is 3.99. The van der Waals surface area contributed by atoms with Gasteiger partial charge in [0.1, 0.15) is 9.66 Å². The molecule has 0 aromatic carbocycles. The van der Waals surface area contributed by atoms with Gasteiger partial charge in [-0.25, -0.2) is 0 Å². The highest BCUT2D eigenvalue weighted by Gasteiger charge is 2.01. The molecule has 0 nitrogen and oxygen atoms in total. The van der Waals surface area contributed by atoms with E-state index in [9.17, 15) is 0 Å². The number of allylic oxidation sites excluding steroid dienone is 6. The summed E-state index contributed by atoms with van der Waals surface area (Å²) in [6.45, 7) is 0. The molecule has 0 atom stereocenters. The maximum atomic E-state index is 3.29. The molecular weight excluding hydrogens is 279 g/mol. The van der Waals surface area contributed by atoms with E-state index in [0.29, 0.717) is 0 Å². The van der Waals surface area contributed by atoms with E-state index >= 15 is 0 Å². The summed E-state index contributed by atoms with van der Waals surface area (Å²) in [7, 11) is 0. The van der Waals surface area contributed by atoms with E-state index in [1.807, 2.05) is 18.2 Å². The van der Waals surface area contributed by atoms with Gasteiger partial charge in [-0.2, -0.15) is 0 Å². The average Bonchev–Trinajstić information content (AvgIpc) is 1.77. The molecule has 0 amide bonds. The molecule has 0 bridgehead atoms. The lowest BCUT2D eigenvalue weighted by Gasteiger charge is -1.81. The molecule has 1 rings (SSSR count).